The second-order valence-electron chi connectivity index (χ2n) is 8.02. The number of rotatable bonds is 5. The SMILES string of the molecule is CC(C)(C)CC(C)(C)c1cccc(C(=O)O)c1Oc1ccccc1. The van der Waals surface area contributed by atoms with Gasteiger partial charge >= 0.3 is 5.97 Å². The number of carbonyl (C=O) groups is 1. The van der Waals surface area contributed by atoms with Crippen molar-refractivity contribution in [1.29, 1.82) is 0 Å². The maximum Gasteiger partial charge on any atom is 0.339 e. The zero-order valence-electron chi connectivity index (χ0n) is 15.1. The van der Waals surface area contributed by atoms with E-state index in [1.807, 2.05) is 36.4 Å². The van der Waals surface area contributed by atoms with Gasteiger partial charge in [0.15, 0.2) is 0 Å². The van der Waals surface area contributed by atoms with Crippen molar-refractivity contribution in [3.8, 4) is 11.5 Å². The minimum absolute atomic E-state index is 0.118. The van der Waals surface area contributed by atoms with Gasteiger partial charge in [0.1, 0.15) is 17.1 Å². The zero-order chi connectivity index (χ0) is 18.0. The van der Waals surface area contributed by atoms with E-state index in [-0.39, 0.29) is 16.4 Å². The van der Waals surface area contributed by atoms with Crippen molar-refractivity contribution in [1.82, 2.24) is 0 Å². The molecule has 24 heavy (non-hydrogen) atoms. The van der Waals surface area contributed by atoms with Crippen LogP contribution in [0.25, 0.3) is 0 Å². The van der Waals surface area contributed by atoms with E-state index in [1.165, 1.54) is 0 Å². The van der Waals surface area contributed by atoms with Crippen LogP contribution in [-0.2, 0) is 5.41 Å². The number of para-hydroxylation sites is 2. The lowest BCUT2D eigenvalue weighted by atomic mass is 9.71. The molecule has 0 radical (unpaired) electrons. The molecule has 0 aromatic heterocycles. The van der Waals surface area contributed by atoms with E-state index in [4.69, 9.17) is 4.74 Å². The van der Waals surface area contributed by atoms with Gasteiger partial charge in [-0.3, -0.25) is 0 Å². The molecule has 0 amide bonds. The number of hydrogen-bond donors (Lipinski definition) is 1. The van der Waals surface area contributed by atoms with Crippen LogP contribution in [0.1, 0.15) is 57.0 Å². The van der Waals surface area contributed by atoms with E-state index < -0.39 is 5.97 Å². The number of ether oxygens (including phenoxy) is 1. The quantitative estimate of drug-likeness (QED) is 0.745. The average molecular weight is 326 g/mol. The van der Waals surface area contributed by atoms with Crippen molar-refractivity contribution in [2.45, 2.75) is 46.5 Å². The highest BCUT2D eigenvalue weighted by Gasteiger charge is 2.32. The molecule has 3 heteroatoms. The van der Waals surface area contributed by atoms with Crippen LogP contribution in [0, 0.1) is 5.41 Å². The second-order valence-corrected chi connectivity index (χ2v) is 8.02. The predicted molar refractivity (Wildman–Crippen MR) is 97.0 cm³/mol. The third-order valence-electron chi connectivity index (χ3n) is 3.91. The van der Waals surface area contributed by atoms with Gasteiger partial charge in [-0.15, -0.1) is 0 Å². The van der Waals surface area contributed by atoms with Gasteiger partial charge in [-0.1, -0.05) is 65.0 Å². The highest BCUT2D eigenvalue weighted by Crippen LogP contribution is 2.42. The van der Waals surface area contributed by atoms with E-state index in [1.54, 1.807) is 12.1 Å². The zero-order valence-corrected chi connectivity index (χ0v) is 15.1. The fourth-order valence-electron chi connectivity index (χ4n) is 3.38. The molecule has 3 nitrogen and oxygen atoms in total. The predicted octanol–water partition coefficient (Wildman–Crippen LogP) is 5.89. The van der Waals surface area contributed by atoms with Crippen LogP contribution in [0.2, 0.25) is 0 Å². The van der Waals surface area contributed by atoms with Gasteiger partial charge in [0.05, 0.1) is 0 Å². The maximum absolute atomic E-state index is 11.7. The van der Waals surface area contributed by atoms with Crippen molar-refractivity contribution in [3.63, 3.8) is 0 Å². The van der Waals surface area contributed by atoms with E-state index in [2.05, 4.69) is 34.6 Å². The molecule has 0 atom stereocenters. The van der Waals surface area contributed by atoms with Gasteiger partial charge in [0, 0.05) is 5.56 Å². The highest BCUT2D eigenvalue weighted by molar-refractivity contribution is 5.91. The molecule has 1 N–H and O–H groups in total. The number of carboxylic acids is 1. The Kier molecular flexibility index (Phi) is 5.02. The first-order valence-corrected chi connectivity index (χ1v) is 8.20. The summed E-state index contributed by atoms with van der Waals surface area (Å²) in [5, 5.41) is 9.59. The van der Waals surface area contributed by atoms with Gasteiger partial charge in [0.2, 0.25) is 0 Å². The normalized spacial score (nSPS) is 12.0. The first-order chi connectivity index (χ1) is 11.1. The molecular weight excluding hydrogens is 300 g/mol. The number of aromatic carboxylic acids is 1. The average Bonchev–Trinajstić information content (AvgIpc) is 2.45. The second kappa shape index (κ2) is 6.68. The van der Waals surface area contributed by atoms with E-state index >= 15 is 0 Å². The maximum atomic E-state index is 11.7. The van der Waals surface area contributed by atoms with Crippen molar-refractivity contribution in [3.05, 3.63) is 59.7 Å². The molecule has 0 spiro atoms. The van der Waals surface area contributed by atoms with Crippen LogP contribution >= 0.6 is 0 Å². The Labute approximate surface area is 144 Å². The fraction of sp³-hybridized carbons (Fsp3) is 0.381. The Hall–Kier alpha value is -2.29. The number of hydrogen-bond acceptors (Lipinski definition) is 2. The van der Waals surface area contributed by atoms with Gasteiger partial charge in [-0.05, 0) is 35.4 Å². The fourth-order valence-corrected chi connectivity index (χ4v) is 3.38. The standard InChI is InChI=1S/C21H26O3/c1-20(2,3)14-21(4,5)17-13-9-12-16(19(22)23)18(17)24-15-10-7-6-8-11-15/h6-13H,14H2,1-5H3,(H,22,23). The topological polar surface area (TPSA) is 46.5 Å². The molecule has 2 rings (SSSR count). The summed E-state index contributed by atoms with van der Waals surface area (Å²) in [7, 11) is 0. The van der Waals surface area contributed by atoms with Crippen molar-refractivity contribution < 1.29 is 14.6 Å². The lowest BCUT2D eigenvalue weighted by molar-refractivity contribution is 0.0694. The minimum atomic E-state index is -0.977. The van der Waals surface area contributed by atoms with Gasteiger partial charge in [-0.2, -0.15) is 0 Å². The van der Waals surface area contributed by atoms with Gasteiger partial charge in [0.25, 0.3) is 0 Å². The lowest BCUT2D eigenvalue weighted by Gasteiger charge is -2.34. The highest BCUT2D eigenvalue weighted by atomic mass is 16.5. The summed E-state index contributed by atoms with van der Waals surface area (Å²) in [6, 6.07) is 14.7. The molecule has 0 aliphatic heterocycles. The van der Waals surface area contributed by atoms with Gasteiger partial charge < -0.3 is 9.84 Å². The van der Waals surface area contributed by atoms with Crippen LogP contribution in [0.3, 0.4) is 0 Å². The molecule has 128 valence electrons. The van der Waals surface area contributed by atoms with Crippen molar-refractivity contribution >= 4 is 5.97 Å². The Morgan fingerprint density at radius 2 is 1.58 bits per heavy atom. The van der Waals surface area contributed by atoms with Crippen LogP contribution < -0.4 is 4.74 Å². The third-order valence-corrected chi connectivity index (χ3v) is 3.91. The largest absolute Gasteiger partial charge is 0.478 e. The molecule has 0 heterocycles. The smallest absolute Gasteiger partial charge is 0.339 e. The molecule has 0 bridgehead atoms. The van der Waals surface area contributed by atoms with E-state index in [0.717, 1.165) is 12.0 Å². The van der Waals surface area contributed by atoms with Crippen LogP contribution in [0.4, 0.5) is 0 Å². The molecule has 0 saturated carbocycles. The summed E-state index contributed by atoms with van der Waals surface area (Å²) in [6.45, 7) is 10.8. The molecule has 0 aliphatic rings. The van der Waals surface area contributed by atoms with Crippen LogP contribution in [0.15, 0.2) is 48.5 Å². The van der Waals surface area contributed by atoms with Crippen LogP contribution in [0.5, 0.6) is 11.5 Å². The first-order valence-electron chi connectivity index (χ1n) is 8.20. The van der Waals surface area contributed by atoms with Crippen LogP contribution in [-0.4, -0.2) is 11.1 Å². The van der Waals surface area contributed by atoms with E-state index in [0.29, 0.717) is 11.5 Å². The minimum Gasteiger partial charge on any atom is -0.478 e. The lowest BCUT2D eigenvalue weighted by Crippen LogP contribution is -2.26. The Balaban J connectivity index is 2.55. The van der Waals surface area contributed by atoms with E-state index in [9.17, 15) is 9.90 Å². The Morgan fingerprint density at radius 3 is 2.12 bits per heavy atom. The summed E-state index contributed by atoms with van der Waals surface area (Å²) < 4.78 is 6.02. The van der Waals surface area contributed by atoms with Gasteiger partial charge in [-0.25, -0.2) is 4.79 Å². The van der Waals surface area contributed by atoms with Crippen molar-refractivity contribution in [2.24, 2.45) is 5.41 Å². The number of benzene rings is 2. The Bertz CT molecular complexity index is 710. The summed E-state index contributed by atoms with van der Waals surface area (Å²) in [5.41, 5.74) is 1.01. The molecule has 2 aromatic rings. The molecule has 0 aliphatic carbocycles. The molecule has 0 unspecified atom stereocenters. The molecule has 0 saturated heterocycles. The summed E-state index contributed by atoms with van der Waals surface area (Å²) in [6.07, 6.45) is 0.911. The molecule has 2 aromatic carbocycles. The summed E-state index contributed by atoms with van der Waals surface area (Å²) in [5.74, 6) is 0.0961. The molecular formula is C21H26O3. The summed E-state index contributed by atoms with van der Waals surface area (Å²) >= 11 is 0. The first kappa shape index (κ1) is 18.1. The monoisotopic (exact) mass is 326 g/mol. The third kappa shape index (κ3) is 4.38. The molecule has 0 fully saturated rings. The van der Waals surface area contributed by atoms with Crippen molar-refractivity contribution in [2.75, 3.05) is 0 Å². The number of carboxylic acid groups (broad SMARTS) is 1. The Morgan fingerprint density at radius 1 is 0.958 bits per heavy atom. The summed E-state index contributed by atoms with van der Waals surface area (Å²) in [4.78, 5) is 11.7.